The molecule has 0 spiro atoms. The van der Waals surface area contributed by atoms with Crippen LogP contribution in [0.15, 0.2) is 55.0 Å². The molecule has 2 aromatic heterocycles. The third-order valence-corrected chi connectivity index (χ3v) is 8.20. The zero-order valence-corrected chi connectivity index (χ0v) is 29.9. The molecule has 0 aliphatic heterocycles. The fraction of sp³-hybridized carbons (Fsp3) is 0.441. The van der Waals surface area contributed by atoms with Gasteiger partial charge in [-0.3, -0.25) is 24.2 Å². The number of pyridine rings is 1. The van der Waals surface area contributed by atoms with E-state index in [0.717, 1.165) is 22.0 Å². The number of primary amides is 2. The molecule has 3 aromatic rings. The molecule has 0 saturated heterocycles. The Hall–Kier alpha value is -5.36. The van der Waals surface area contributed by atoms with Crippen molar-refractivity contribution >= 4 is 59.2 Å². The van der Waals surface area contributed by atoms with Gasteiger partial charge in [-0.1, -0.05) is 24.3 Å². The lowest BCUT2D eigenvalue weighted by atomic mass is 10.1. The number of urea groups is 2. The standard InChI is InChI=1S/C34H49N11O6S/c35-33(50)40-13-4-9-27(31(48)39-15-17-52)44-32(49)28(10-5-14-41-34(36)51)43-29(46)22-45(30(47)21-38-19-23-6-3-12-37-18-23)16-11-24-20-42-26-8-2-1-7-25(24)26/h1-3,6-8,12,18,20,27-28,38,42,52H,4-5,9-11,13-17,19,21-22H2,(H,39,48)(H,43,46)(H,44,49)(H3,35,40,50)(H3,36,41,51). The van der Waals surface area contributed by atoms with Crippen LogP contribution in [0.4, 0.5) is 9.59 Å². The van der Waals surface area contributed by atoms with Crippen molar-refractivity contribution in [3.05, 3.63) is 66.1 Å². The van der Waals surface area contributed by atoms with Crippen LogP contribution in [0.25, 0.3) is 10.9 Å². The lowest BCUT2D eigenvalue weighted by Gasteiger charge is -2.26. The predicted octanol–water partition coefficient (Wildman–Crippen LogP) is -0.364. The van der Waals surface area contributed by atoms with Gasteiger partial charge in [-0.15, -0.1) is 0 Å². The molecule has 0 aliphatic rings. The van der Waals surface area contributed by atoms with Gasteiger partial charge in [0.15, 0.2) is 0 Å². The van der Waals surface area contributed by atoms with Crippen molar-refractivity contribution in [2.75, 3.05) is 45.0 Å². The molecule has 282 valence electrons. The van der Waals surface area contributed by atoms with Crippen molar-refractivity contribution in [1.29, 1.82) is 0 Å². The van der Waals surface area contributed by atoms with Gasteiger partial charge in [0.25, 0.3) is 0 Å². The molecule has 2 unspecified atom stereocenters. The minimum atomic E-state index is -1.12. The van der Waals surface area contributed by atoms with Crippen LogP contribution in [0.1, 0.15) is 36.8 Å². The van der Waals surface area contributed by atoms with Gasteiger partial charge in [0.1, 0.15) is 12.1 Å². The molecule has 18 heteroatoms. The van der Waals surface area contributed by atoms with E-state index in [1.807, 2.05) is 36.5 Å². The smallest absolute Gasteiger partial charge is 0.312 e. The van der Waals surface area contributed by atoms with Crippen molar-refractivity contribution in [2.45, 2.75) is 50.7 Å². The Kier molecular flexibility index (Phi) is 17.7. The summed E-state index contributed by atoms with van der Waals surface area (Å²) in [5, 5.41) is 17.1. The number of nitrogens with zero attached hydrogens (tertiary/aromatic N) is 2. The fourth-order valence-corrected chi connectivity index (χ4v) is 5.49. The molecule has 0 saturated carbocycles. The zero-order chi connectivity index (χ0) is 37.7. The second kappa shape index (κ2) is 22.5. The quantitative estimate of drug-likeness (QED) is 0.0453. The number of para-hydroxylation sites is 1. The first-order chi connectivity index (χ1) is 25.1. The van der Waals surface area contributed by atoms with Crippen LogP contribution < -0.4 is 43.4 Å². The number of aromatic amines is 1. The van der Waals surface area contributed by atoms with E-state index in [2.05, 4.69) is 54.5 Å². The van der Waals surface area contributed by atoms with Crippen molar-refractivity contribution in [3.63, 3.8) is 0 Å². The van der Waals surface area contributed by atoms with E-state index in [1.54, 1.807) is 18.5 Å². The maximum atomic E-state index is 13.6. The third kappa shape index (κ3) is 14.9. The number of fused-ring (bicyclic) bond motifs is 1. The van der Waals surface area contributed by atoms with Gasteiger partial charge in [-0.2, -0.15) is 12.6 Å². The summed E-state index contributed by atoms with van der Waals surface area (Å²) in [5.41, 5.74) is 13.1. The summed E-state index contributed by atoms with van der Waals surface area (Å²) >= 11 is 4.11. The van der Waals surface area contributed by atoms with Crippen LogP contribution in [0, 0.1) is 0 Å². The Morgan fingerprint density at radius 2 is 1.54 bits per heavy atom. The molecule has 2 atom stereocenters. The van der Waals surface area contributed by atoms with Crippen LogP contribution in [-0.4, -0.2) is 108 Å². The first kappa shape index (κ1) is 41.1. The van der Waals surface area contributed by atoms with Gasteiger partial charge in [0.2, 0.25) is 23.6 Å². The van der Waals surface area contributed by atoms with Crippen molar-refractivity contribution in [2.24, 2.45) is 11.5 Å². The number of rotatable bonds is 23. The average molecular weight is 740 g/mol. The number of H-pyrrole nitrogens is 1. The summed E-state index contributed by atoms with van der Waals surface area (Å²) in [7, 11) is 0. The van der Waals surface area contributed by atoms with Crippen LogP contribution in [0.5, 0.6) is 0 Å². The van der Waals surface area contributed by atoms with E-state index in [4.69, 9.17) is 11.5 Å². The number of benzene rings is 1. The number of carbonyl (C=O) groups is 6. The predicted molar refractivity (Wildman–Crippen MR) is 199 cm³/mol. The molecular formula is C34H49N11O6S. The van der Waals surface area contributed by atoms with E-state index in [1.165, 1.54) is 4.90 Å². The van der Waals surface area contributed by atoms with E-state index < -0.39 is 41.9 Å². The molecule has 0 fully saturated rings. The number of hydrogen-bond donors (Lipinski definition) is 10. The number of carbonyl (C=O) groups excluding carboxylic acids is 6. The van der Waals surface area contributed by atoms with E-state index in [-0.39, 0.29) is 64.4 Å². The molecule has 11 N–H and O–H groups in total. The Balaban J connectivity index is 1.73. The maximum absolute atomic E-state index is 13.6. The molecule has 0 radical (unpaired) electrons. The number of aromatic nitrogens is 2. The summed E-state index contributed by atoms with van der Waals surface area (Å²) in [6.07, 6.45) is 6.52. The number of hydrogen-bond acceptors (Lipinski definition) is 9. The lowest BCUT2D eigenvalue weighted by Crippen LogP contribution is -2.55. The van der Waals surface area contributed by atoms with Gasteiger partial charge < -0.3 is 53.3 Å². The van der Waals surface area contributed by atoms with Crippen molar-refractivity contribution in [1.82, 2.24) is 46.8 Å². The van der Waals surface area contributed by atoms with Gasteiger partial charge >= 0.3 is 12.1 Å². The topological polar surface area (TPSA) is 259 Å². The number of amides is 8. The molecule has 0 bridgehead atoms. The molecule has 17 nitrogen and oxygen atoms in total. The number of nitrogens with one attached hydrogen (secondary N) is 7. The fourth-order valence-electron chi connectivity index (χ4n) is 5.38. The molecule has 8 amide bonds. The second-order valence-corrected chi connectivity index (χ2v) is 12.4. The molecule has 52 heavy (non-hydrogen) atoms. The summed E-state index contributed by atoms with van der Waals surface area (Å²) < 4.78 is 0. The van der Waals surface area contributed by atoms with E-state index in [0.29, 0.717) is 25.1 Å². The Morgan fingerprint density at radius 3 is 2.19 bits per heavy atom. The highest BCUT2D eigenvalue weighted by Crippen LogP contribution is 2.18. The second-order valence-electron chi connectivity index (χ2n) is 12.0. The monoisotopic (exact) mass is 739 g/mol. The first-order valence-electron chi connectivity index (χ1n) is 17.0. The average Bonchev–Trinajstić information content (AvgIpc) is 3.54. The highest BCUT2D eigenvalue weighted by Gasteiger charge is 2.28. The minimum absolute atomic E-state index is 0.0492. The third-order valence-electron chi connectivity index (χ3n) is 7.97. The summed E-state index contributed by atoms with van der Waals surface area (Å²) in [5.74, 6) is -1.65. The van der Waals surface area contributed by atoms with Crippen LogP contribution in [0.3, 0.4) is 0 Å². The number of thiol groups is 1. The first-order valence-corrected chi connectivity index (χ1v) is 17.7. The molecule has 3 rings (SSSR count). The van der Waals surface area contributed by atoms with E-state index >= 15 is 0 Å². The molecule has 0 aliphatic carbocycles. The Labute approximate surface area is 307 Å². The summed E-state index contributed by atoms with van der Waals surface area (Å²) in [6.45, 7) is 0.791. The van der Waals surface area contributed by atoms with Crippen molar-refractivity contribution < 1.29 is 28.8 Å². The van der Waals surface area contributed by atoms with Gasteiger partial charge in [-0.05, 0) is 55.4 Å². The molecule has 1 aromatic carbocycles. The van der Waals surface area contributed by atoms with Crippen molar-refractivity contribution in [3.8, 4) is 0 Å². The minimum Gasteiger partial charge on any atom is -0.361 e. The highest BCUT2D eigenvalue weighted by molar-refractivity contribution is 7.80. The van der Waals surface area contributed by atoms with Crippen LogP contribution in [-0.2, 0) is 32.1 Å². The molecular weight excluding hydrogens is 691 g/mol. The van der Waals surface area contributed by atoms with E-state index in [9.17, 15) is 28.8 Å². The summed E-state index contributed by atoms with van der Waals surface area (Å²) in [4.78, 5) is 84.7. The van der Waals surface area contributed by atoms with Gasteiger partial charge in [0.05, 0.1) is 13.1 Å². The number of nitrogens with two attached hydrogens (primary N) is 2. The van der Waals surface area contributed by atoms with Gasteiger partial charge in [0, 0.05) is 68.0 Å². The SMILES string of the molecule is NC(=O)NCCCC(NC(=O)CN(CCc1c[nH]c2ccccc12)C(=O)CNCc1cccnc1)C(=O)NC(CCCNC(N)=O)C(=O)NCCS. The normalized spacial score (nSPS) is 11.9. The zero-order valence-electron chi connectivity index (χ0n) is 29.0. The lowest BCUT2D eigenvalue weighted by molar-refractivity contribution is -0.137. The highest BCUT2D eigenvalue weighted by atomic mass is 32.1. The van der Waals surface area contributed by atoms with Gasteiger partial charge in [-0.25, -0.2) is 9.59 Å². The molecule has 2 heterocycles. The maximum Gasteiger partial charge on any atom is 0.312 e. The largest absolute Gasteiger partial charge is 0.361 e. The summed E-state index contributed by atoms with van der Waals surface area (Å²) in [6, 6.07) is 7.88. The van der Waals surface area contributed by atoms with Crippen LogP contribution in [0.2, 0.25) is 0 Å². The Morgan fingerprint density at radius 1 is 0.846 bits per heavy atom. The van der Waals surface area contributed by atoms with Crippen LogP contribution >= 0.6 is 12.6 Å². The Bertz CT molecular complexity index is 1620.